The van der Waals surface area contributed by atoms with Gasteiger partial charge in [0.2, 0.25) is 0 Å². The third-order valence-electron chi connectivity index (χ3n) is 4.62. The molecule has 0 saturated heterocycles. The topological polar surface area (TPSA) is 63.6 Å². The van der Waals surface area contributed by atoms with Crippen molar-refractivity contribution in [2.45, 2.75) is 78.1 Å². The van der Waals surface area contributed by atoms with Gasteiger partial charge in [-0.25, -0.2) is 0 Å². The average molecular weight is 298 g/mol. The van der Waals surface area contributed by atoms with Crippen LogP contribution in [-0.2, 0) is 14.3 Å². The minimum Gasteiger partial charge on any atom is -0.481 e. The maximum absolute atomic E-state index is 12.5. The molecule has 2 atom stereocenters. The first-order chi connectivity index (χ1) is 10.1. The van der Waals surface area contributed by atoms with Gasteiger partial charge in [-0.1, -0.05) is 46.0 Å². The third-order valence-corrected chi connectivity index (χ3v) is 4.62. The lowest BCUT2D eigenvalue weighted by Crippen LogP contribution is -2.40. The molecule has 0 amide bonds. The number of carbonyl (C=O) groups excluding carboxylic acids is 1. The second kappa shape index (κ2) is 9.06. The zero-order valence-corrected chi connectivity index (χ0v) is 13.5. The quantitative estimate of drug-likeness (QED) is 0.512. The molecule has 1 aliphatic carbocycles. The van der Waals surface area contributed by atoms with Gasteiger partial charge >= 0.3 is 11.9 Å². The zero-order chi connectivity index (χ0) is 15.7. The Morgan fingerprint density at radius 3 is 2.52 bits per heavy atom. The maximum Gasteiger partial charge on any atom is 0.312 e. The summed E-state index contributed by atoms with van der Waals surface area (Å²) in [6, 6.07) is 0. The van der Waals surface area contributed by atoms with Crippen LogP contribution in [0.3, 0.4) is 0 Å². The summed E-state index contributed by atoms with van der Waals surface area (Å²) in [7, 11) is 0. The van der Waals surface area contributed by atoms with Gasteiger partial charge in [0.25, 0.3) is 0 Å². The van der Waals surface area contributed by atoms with Gasteiger partial charge in [-0.15, -0.1) is 0 Å². The van der Waals surface area contributed by atoms with Crippen LogP contribution in [0.4, 0.5) is 0 Å². The Balaban J connectivity index is 2.73. The summed E-state index contributed by atoms with van der Waals surface area (Å²) in [6.07, 6.45) is 8.54. The fourth-order valence-electron chi connectivity index (χ4n) is 3.26. The van der Waals surface area contributed by atoms with E-state index in [1.807, 2.05) is 0 Å². The lowest BCUT2D eigenvalue weighted by molar-refractivity contribution is -0.162. The molecule has 1 saturated carbocycles. The highest BCUT2D eigenvalue weighted by atomic mass is 16.5. The van der Waals surface area contributed by atoms with Crippen LogP contribution in [0.1, 0.15) is 78.1 Å². The van der Waals surface area contributed by atoms with Crippen molar-refractivity contribution in [2.24, 2.45) is 11.3 Å². The Labute approximate surface area is 128 Å². The summed E-state index contributed by atoms with van der Waals surface area (Å²) < 4.78 is 5.45. The molecule has 2 unspecified atom stereocenters. The molecular weight excluding hydrogens is 268 g/mol. The van der Waals surface area contributed by atoms with Gasteiger partial charge in [0, 0.05) is 0 Å². The van der Waals surface area contributed by atoms with Crippen LogP contribution < -0.4 is 0 Å². The van der Waals surface area contributed by atoms with E-state index in [2.05, 4.69) is 13.8 Å². The van der Waals surface area contributed by atoms with Gasteiger partial charge in [0.1, 0.15) is 0 Å². The highest BCUT2D eigenvalue weighted by Crippen LogP contribution is 2.44. The Kier molecular flexibility index (Phi) is 7.76. The van der Waals surface area contributed by atoms with Gasteiger partial charge in [-0.3, -0.25) is 9.59 Å². The number of aliphatic carboxylic acids is 1. The van der Waals surface area contributed by atoms with E-state index >= 15 is 0 Å². The summed E-state index contributed by atoms with van der Waals surface area (Å²) in [4.78, 5) is 23.8. The molecule has 0 aromatic rings. The summed E-state index contributed by atoms with van der Waals surface area (Å²) >= 11 is 0. The molecule has 1 fully saturated rings. The van der Waals surface area contributed by atoms with Gasteiger partial charge < -0.3 is 9.84 Å². The second-order valence-corrected chi connectivity index (χ2v) is 6.36. The Morgan fingerprint density at radius 2 is 1.90 bits per heavy atom. The van der Waals surface area contributed by atoms with E-state index in [0.29, 0.717) is 19.4 Å². The standard InChI is InChI=1S/C17H30O4/c1-3-5-7-10-17(16(20)21-12-6-4-2)11-8-9-14(13-17)15(18)19/h14H,3-13H2,1-2H3,(H,18,19). The van der Waals surface area contributed by atoms with E-state index < -0.39 is 11.4 Å². The van der Waals surface area contributed by atoms with E-state index in [0.717, 1.165) is 51.4 Å². The maximum atomic E-state index is 12.5. The highest BCUT2D eigenvalue weighted by Gasteiger charge is 2.45. The van der Waals surface area contributed by atoms with E-state index in [-0.39, 0.29) is 11.9 Å². The number of carbonyl (C=O) groups is 2. The Bertz CT molecular complexity index is 340. The molecule has 1 N–H and O–H groups in total. The molecule has 0 aromatic heterocycles. The fraction of sp³-hybridized carbons (Fsp3) is 0.882. The van der Waals surface area contributed by atoms with Crippen molar-refractivity contribution in [1.82, 2.24) is 0 Å². The summed E-state index contributed by atoms with van der Waals surface area (Å²) in [5.74, 6) is -1.31. The lowest BCUT2D eigenvalue weighted by Gasteiger charge is -2.37. The van der Waals surface area contributed by atoms with Crippen molar-refractivity contribution >= 4 is 11.9 Å². The Morgan fingerprint density at radius 1 is 1.19 bits per heavy atom. The molecule has 1 rings (SSSR count). The van der Waals surface area contributed by atoms with Crippen LogP contribution in [0.15, 0.2) is 0 Å². The first-order valence-corrected chi connectivity index (χ1v) is 8.45. The lowest BCUT2D eigenvalue weighted by atomic mass is 9.67. The van der Waals surface area contributed by atoms with Crippen LogP contribution in [0.5, 0.6) is 0 Å². The normalized spacial score (nSPS) is 25.5. The molecular formula is C17H30O4. The first-order valence-electron chi connectivity index (χ1n) is 8.45. The minimum atomic E-state index is -0.768. The van der Waals surface area contributed by atoms with E-state index in [9.17, 15) is 14.7 Å². The van der Waals surface area contributed by atoms with E-state index in [1.165, 1.54) is 0 Å². The van der Waals surface area contributed by atoms with E-state index in [4.69, 9.17) is 4.74 Å². The van der Waals surface area contributed by atoms with Gasteiger partial charge in [-0.2, -0.15) is 0 Å². The van der Waals surface area contributed by atoms with Crippen molar-refractivity contribution < 1.29 is 19.4 Å². The van der Waals surface area contributed by atoms with Crippen molar-refractivity contribution in [2.75, 3.05) is 6.61 Å². The van der Waals surface area contributed by atoms with Crippen LogP contribution in [0, 0.1) is 11.3 Å². The van der Waals surface area contributed by atoms with Crippen molar-refractivity contribution in [3.8, 4) is 0 Å². The molecule has 21 heavy (non-hydrogen) atoms. The number of carboxylic acid groups (broad SMARTS) is 1. The molecule has 0 spiro atoms. The molecule has 0 heterocycles. The van der Waals surface area contributed by atoms with Gasteiger partial charge in [-0.05, 0) is 32.1 Å². The molecule has 0 bridgehead atoms. The van der Waals surface area contributed by atoms with Crippen LogP contribution >= 0.6 is 0 Å². The van der Waals surface area contributed by atoms with Crippen molar-refractivity contribution in [3.63, 3.8) is 0 Å². The molecule has 0 aliphatic heterocycles. The van der Waals surface area contributed by atoms with Crippen LogP contribution in [-0.4, -0.2) is 23.7 Å². The predicted octanol–water partition coefficient (Wildman–Crippen LogP) is 4.17. The monoisotopic (exact) mass is 298 g/mol. The number of hydrogen-bond donors (Lipinski definition) is 1. The second-order valence-electron chi connectivity index (χ2n) is 6.36. The average Bonchev–Trinajstić information content (AvgIpc) is 2.48. The van der Waals surface area contributed by atoms with Crippen LogP contribution in [0.25, 0.3) is 0 Å². The minimum absolute atomic E-state index is 0.155. The number of unbranched alkanes of at least 4 members (excludes halogenated alkanes) is 3. The summed E-state index contributed by atoms with van der Waals surface area (Å²) in [6.45, 7) is 4.65. The van der Waals surface area contributed by atoms with Crippen molar-refractivity contribution in [1.29, 1.82) is 0 Å². The predicted molar refractivity (Wildman–Crippen MR) is 82.0 cm³/mol. The number of ether oxygens (including phenoxy) is 1. The SMILES string of the molecule is CCCCCC1(C(=O)OCCCC)CCCC(C(=O)O)C1. The Hall–Kier alpha value is -1.06. The summed E-state index contributed by atoms with van der Waals surface area (Å²) in [5, 5.41) is 9.29. The zero-order valence-electron chi connectivity index (χ0n) is 13.5. The fourth-order valence-corrected chi connectivity index (χ4v) is 3.26. The van der Waals surface area contributed by atoms with Crippen LogP contribution in [0.2, 0.25) is 0 Å². The number of esters is 1. The molecule has 0 radical (unpaired) electrons. The highest BCUT2D eigenvalue weighted by molar-refractivity contribution is 5.79. The van der Waals surface area contributed by atoms with Gasteiger partial charge in [0.05, 0.1) is 17.9 Å². The third kappa shape index (κ3) is 5.33. The van der Waals surface area contributed by atoms with E-state index in [1.54, 1.807) is 0 Å². The first kappa shape index (κ1) is 18.0. The van der Waals surface area contributed by atoms with Crippen molar-refractivity contribution in [3.05, 3.63) is 0 Å². The smallest absolute Gasteiger partial charge is 0.312 e. The van der Waals surface area contributed by atoms with Gasteiger partial charge in [0.15, 0.2) is 0 Å². The molecule has 4 nitrogen and oxygen atoms in total. The largest absolute Gasteiger partial charge is 0.481 e. The summed E-state index contributed by atoms with van der Waals surface area (Å²) in [5.41, 5.74) is -0.551. The molecule has 4 heteroatoms. The molecule has 0 aromatic carbocycles. The number of carboxylic acids is 1. The number of rotatable bonds is 9. The molecule has 1 aliphatic rings. The molecule has 122 valence electrons. The number of hydrogen-bond acceptors (Lipinski definition) is 3.